The normalized spacial score (nSPS) is 10.7. The second-order valence-corrected chi connectivity index (χ2v) is 6.59. The number of hydrogen-bond acceptors (Lipinski definition) is 6. The molecule has 0 fully saturated rings. The van der Waals surface area contributed by atoms with Crippen LogP contribution in [0, 0.1) is 0 Å². The van der Waals surface area contributed by atoms with Crippen molar-refractivity contribution in [2.45, 2.75) is 5.16 Å². The van der Waals surface area contributed by atoms with Crippen molar-refractivity contribution in [3.63, 3.8) is 0 Å². The van der Waals surface area contributed by atoms with Crippen molar-refractivity contribution in [1.29, 1.82) is 0 Å². The van der Waals surface area contributed by atoms with Gasteiger partial charge in [-0.05, 0) is 12.1 Å². The Balaban J connectivity index is 1.67. The number of thioether (sulfide) groups is 1. The highest BCUT2D eigenvalue weighted by atomic mass is 32.2. The third-order valence-corrected chi connectivity index (χ3v) is 4.80. The van der Waals surface area contributed by atoms with Gasteiger partial charge in [0.05, 0.1) is 11.9 Å². The maximum atomic E-state index is 12.4. The molecule has 2 aromatic heterocycles. The summed E-state index contributed by atoms with van der Waals surface area (Å²) in [4.78, 5) is 20.9. The quantitative estimate of drug-likeness (QED) is 0.379. The Labute approximate surface area is 160 Å². The van der Waals surface area contributed by atoms with Gasteiger partial charge in [0, 0.05) is 23.6 Å². The molecule has 4 rings (SSSR count). The Hall–Kier alpha value is -3.32. The Kier molecular flexibility index (Phi) is 5.02. The minimum absolute atomic E-state index is 0.0456. The Bertz CT molecular complexity index is 1040. The summed E-state index contributed by atoms with van der Waals surface area (Å²) in [6, 6.07) is 19.0. The molecular weight excluding hydrogens is 358 g/mol. The van der Waals surface area contributed by atoms with Crippen LogP contribution in [0.2, 0.25) is 0 Å². The van der Waals surface area contributed by atoms with Crippen molar-refractivity contribution < 1.29 is 4.79 Å². The van der Waals surface area contributed by atoms with E-state index in [1.807, 2.05) is 65.2 Å². The van der Waals surface area contributed by atoms with Crippen molar-refractivity contribution in [2.75, 3.05) is 5.75 Å². The van der Waals surface area contributed by atoms with Gasteiger partial charge in [0.25, 0.3) is 0 Å². The van der Waals surface area contributed by atoms with Crippen LogP contribution in [0.25, 0.3) is 17.2 Å². The molecule has 2 aromatic carbocycles. The molecule has 0 radical (unpaired) electrons. The number of benzene rings is 2. The first-order chi connectivity index (χ1) is 13.3. The summed E-state index contributed by atoms with van der Waals surface area (Å²) in [5, 5.41) is 9.21. The molecule has 4 aromatic rings. The molecule has 2 heterocycles. The minimum atomic E-state index is 0.0456. The van der Waals surface area contributed by atoms with Gasteiger partial charge in [-0.3, -0.25) is 14.3 Å². The number of nitrogens with zero attached hydrogens (tertiary/aromatic N) is 5. The lowest BCUT2D eigenvalue weighted by Gasteiger charge is -2.09. The molecule has 7 heteroatoms. The molecular formula is C20H15N5OS. The lowest BCUT2D eigenvalue weighted by Crippen LogP contribution is -2.05. The van der Waals surface area contributed by atoms with Crippen molar-refractivity contribution >= 4 is 17.5 Å². The molecule has 0 atom stereocenters. The van der Waals surface area contributed by atoms with Gasteiger partial charge >= 0.3 is 0 Å². The van der Waals surface area contributed by atoms with E-state index in [2.05, 4.69) is 20.2 Å². The SMILES string of the molecule is O=C(CSc1nnc(-c2cnccn2)n1-c1ccccc1)c1ccccc1. The lowest BCUT2D eigenvalue weighted by atomic mass is 10.2. The first kappa shape index (κ1) is 17.1. The van der Waals surface area contributed by atoms with E-state index in [1.54, 1.807) is 18.6 Å². The average molecular weight is 373 g/mol. The molecule has 27 heavy (non-hydrogen) atoms. The van der Waals surface area contributed by atoms with Crippen LogP contribution in [0.5, 0.6) is 0 Å². The fraction of sp³-hybridized carbons (Fsp3) is 0.0500. The topological polar surface area (TPSA) is 73.6 Å². The standard InChI is InChI=1S/C20H15N5OS/c26-18(15-7-3-1-4-8-15)14-27-20-24-23-19(17-13-21-11-12-22-17)25(20)16-9-5-2-6-10-16/h1-13H,14H2. The van der Waals surface area contributed by atoms with Gasteiger partial charge < -0.3 is 0 Å². The van der Waals surface area contributed by atoms with Gasteiger partial charge in [0.1, 0.15) is 5.69 Å². The summed E-state index contributed by atoms with van der Waals surface area (Å²) in [5.41, 5.74) is 2.21. The van der Waals surface area contributed by atoms with Crippen LogP contribution in [-0.2, 0) is 0 Å². The number of carbonyl (C=O) groups is 1. The van der Waals surface area contributed by atoms with E-state index in [0.29, 0.717) is 22.2 Å². The highest BCUT2D eigenvalue weighted by Gasteiger charge is 2.18. The Morgan fingerprint density at radius 1 is 0.926 bits per heavy atom. The summed E-state index contributed by atoms with van der Waals surface area (Å²) in [6.07, 6.45) is 4.87. The molecule has 0 N–H and O–H groups in total. The van der Waals surface area contributed by atoms with E-state index in [4.69, 9.17) is 0 Å². The van der Waals surface area contributed by atoms with E-state index >= 15 is 0 Å². The first-order valence-corrected chi connectivity index (χ1v) is 9.30. The van der Waals surface area contributed by atoms with Crippen molar-refractivity contribution in [3.05, 3.63) is 84.8 Å². The minimum Gasteiger partial charge on any atom is -0.293 e. The van der Waals surface area contributed by atoms with Crippen LogP contribution in [-0.4, -0.2) is 36.3 Å². The van der Waals surface area contributed by atoms with Gasteiger partial charge in [-0.1, -0.05) is 60.3 Å². The van der Waals surface area contributed by atoms with Crippen molar-refractivity contribution in [2.24, 2.45) is 0 Å². The smallest absolute Gasteiger partial charge is 0.196 e. The molecule has 0 saturated carbocycles. The third kappa shape index (κ3) is 3.78. The van der Waals surface area contributed by atoms with Crippen LogP contribution >= 0.6 is 11.8 Å². The van der Waals surface area contributed by atoms with Crippen LogP contribution in [0.3, 0.4) is 0 Å². The number of aromatic nitrogens is 5. The molecule has 0 saturated heterocycles. The molecule has 6 nitrogen and oxygen atoms in total. The summed E-state index contributed by atoms with van der Waals surface area (Å²) < 4.78 is 1.90. The van der Waals surface area contributed by atoms with E-state index < -0.39 is 0 Å². The van der Waals surface area contributed by atoms with Gasteiger partial charge in [-0.25, -0.2) is 4.98 Å². The van der Waals surface area contributed by atoms with Crippen LogP contribution in [0.15, 0.2) is 84.4 Å². The number of Topliss-reactive ketones (excluding diaryl/α,β-unsaturated/α-hetero) is 1. The first-order valence-electron chi connectivity index (χ1n) is 8.31. The monoisotopic (exact) mass is 373 g/mol. The molecule has 0 aliphatic carbocycles. The summed E-state index contributed by atoms with van der Waals surface area (Å²) in [5.74, 6) is 0.906. The average Bonchev–Trinajstić information content (AvgIpc) is 3.18. The fourth-order valence-corrected chi connectivity index (χ4v) is 3.44. The maximum absolute atomic E-state index is 12.4. The van der Waals surface area contributed by atoms with Crippen LogP contribution < -0.4 is 0 Å². The number of carbonyl (C=O) groups excluding carboxylic acids is 1. The zero-order valence-electron chi connectivity index (χ0n) is 14.3. The van der Waals surface area contributed by atoms with Crippen molar-refractivity contribution in [3.8, 4) is 17.2 Å². The summed E-state index contributed by atoms with van der Waals surface area (Å²) in [6.45, 7) is 0. The summed E-state index contributed by atoms with van der Waals surface area (Å²) >= 11 is 1.35. The predicted molar refractivity (Wildman–Crippen MR) is 104 cm³/mol. The van der Waals surface area contributed by atoms with Crippen LogP contribution in [0.4, 0.5) is 0 Å². The van der Waals surface area contributed by atoms with E-state index in [0.717, 1.165) is 5.69 Å². The molecule has 0 aliphatic rings. The van der Waals surface area contributed by atoms with Gasteiger partial charge in [0.2, 0.25) is 0 Å². The zero-order valence-corrected chi connectivity index (χ0v) is 15.1. The molecule has 0 spiro atoms. The predicted octanol–water partition coefficient (Wildman–Crippen LogP) is 3.70. The second-order valence-electron chi connectivity index (χ2n) is 5.65. The van der Waals surface area contributed by atoms with Crippen LogP contribution in [0.1, 0.15) is 10.4 Å². The highest BCUT2D eigenvalue weighted by Crippen LogP contribution is 2.27. The number of rotatable bonds is 6. The van der Waals surface area contributed by atoms with E-state index in [1.165, 1.54) is 11.8 Å². The largest absolute Gasteiger partial charge is 0.293 e. The van der Waals surface area contributed by atoms with Gasteiger partial charge in [-0.2, -0.15) is 0 Å². The third-order valence-electron chi connectivity index (χ3n) is 3.87. The molecule has 132 valence electrons. The molecule has 0 aliphatic heterocycles. The fourth-order valence-electron chi connectivity index (χ4n) is 2.59. The van der Waals surface area contributed by atoms with E-state index in [9.17, 15) is 4.79 Å². The van der Waals surface area contributed by atoms with Crippen molar-refractivity contribution in [1.82, 2.24) is 24.7 Å². The Morgan fingerprint density at radius 3 is 2.37 bits per heavy atom. The zero-order chi connectivity index (χ0) is 18.5. The number of para-hydroxylation sites is 1. The van der Waals surface area contributed by atoms with E-state index in [-0.39, 0.29) is 11.5 Å². The molecule has 0 unspecified atom stereocenters. The Morgan fingerprint density at radius 2 is 1.67 bits per heavy atom. The summed E-state index contributed by atoms with van der Waals surface area (Å²) in [7, 11) is 0. The van der Waals surface area contributed by atoms with Gasteiger partial charge in [0.15, 0.2) is 16.8 Å². The lowest BCUT2D eigenvalue weighted by molar-refractivity contribution is 0.102. The van der Waals surface area contributed by atoms with Gasteiger partial charge in [-0.15, -0.1) is 10.2 Å². The second kappa shape index (κ2) is 7.92. The molecule has 0 amide bonds. The number of ketones is 1. The maximum Gasteiger partial charge on any atom is 0.196 e. The highest BCUT2D eigenvalue weighted by molar-refractivity contribution is 7.99. The number of hydrogen-bond donors (Lipinski definition) is 0. The molecule has 0 bridgehead atoms.